The average molecular weight is 1040 g/mol. The van der Waals surface area contributed by atoms with E-state index in [1.54, 1.807) is 91.3 Å². The summed E-state index contributed by atoms with van der Waals surface area (Å²) in [6.07, 6.45) is 5.70. The Hall–Kier alpha value is -6.24. The fourth-order valence-corrected chi connectivity index (χ4v) is 6.07. The summed E-state index contributed by atoms with van der Waals surface area (Å²) >= 11 is 11.6. The van der Waals surface area contributed by atoms with E-state index in [-0.39, 0.29) is 86.3 Å². The zero-order valence-corrected chi connectivity index (χ0v) is 40.6. The second-order valence-corrected chi connectivity index (χ2v) is 14.8. The fraction of sp³-hybridized carbons (Fsp3) is 0.152. The number of aliphatic hydroxyl groups excluding tert-OH is 2. The molecule has 7 aromatic rings. The van der Waals surface area contributed by atoms with Crippen molar-refractivity contribution in [2.24, 2.45) is 0 Å². The molecule has 2 amide bonds. The molecule has 1 unspecified atom stereocenters. The number of aromatic hydroxyl groups is 2. The van der Waals surface area contributed by atoms with Crippen LogP contribution in [0.25, 0.3) is 11.3 Å². The van der Waals surface area contributed by atoms with Crippen LogP contribution in [0.4, 0.5) is 5.82 Å². The Labute approximate surface area is 421 Å². The number of hydrogen-bond donors (Lipinski definition) is 7. The van der Waals surface area contributed by atoms with Gasteiger partial charge in [-0.15, -0.1) is 0 Å². The third kappa shape index (κ3) is 15.7. The second kappa shape index (κ2) is 26.8. The molecule has 21 heteroatoms. The third-order valence-corrected chi connectivity index (χ3v) is 9.60. The van der Waals surface area contributed by atoms with Crippen molar-refractivity contribution in [3.63, 3.8) is 0 Å². The van der Waals surface area contributed by atoms with E-state index < -0.39 is 45.8 Å². The van der Waals surface area contributed by atoms with Gasteiger partial charge in [0.2, 0.25) is 11.8 Å². The number of halogens is 2. The molecule has 67 heavy (non-hydrogen) atoms. The number of nitrogens with two attached hydrogens (primary N) is 1. The van der Waals surface area contributed by atoms with Crippen LogP contribution < -0.4 is 27.5 Å². The van der Waals surface area contributed by atoms with Gasteiger partial charge in [-0.05, 0) is 84.1 Å². The van der Waals surface area contributed by atoms with Crippen LogP contribution in [0.2, 0.25) is 10.0 Å². The molecule has 0 fully saturated rings. The summed E-state index contributed by atoms with van der Waals surface area (Å²) in [6.45, 7) is 0.332. The molecule has 0 bridgehead atoms. The molecule has 17 nitrogen and oxygen atoms in total. The minimum absolute atomic E-state index is 0. The molecule has 0 aliphatic heterocycles. The monoisotopic (exact) mass is 1040 g/mol. The smallest absolute Gasteiger partial charge is 0.274 e. The van der Waals surface area contributed by atoms with Crippen molar-refractivity contribution < 1.29 is 67.2 Å². The van der Waals surface area contributed by atoms with Crippen molar-refractivity contribution in [2.75, 3.05) is 25.6 Å². The number of fused-ring (bicyclic) bond motifs is 2. The molecule has 8 N–H and O–H groups in total. The average Bonchev–Trinajstić information content (AvgIpc) is 3.32. The predicted octanol–water partition coefficient (Wildman–Crippen LogP) is 4.06. The van der Waals surface area contributed by atoms with Gasteiger partial charge in [0, 0.05) is 102 Å². The standard InChI is InChI=1S/C19H18ClN3O4.C19H14ClN3O4.C8H9N2OP.Y/c2*20-14-6-3-12(4-7-14)10-21-17(25)16-18(26)22-15-8-5-13(2-1-9-24)11-23(15)19(16)27;9-8-4-3-7(6-10-8)2-1-5-11-12;/h3-8,11,24,26H,1-2,9-10H2,(H,21,25);3-8,11,24,26H,9-10H2,(H,21,25);3-4,6H,5,12H2,(H2,9,10);/i;;12T;. The van der Waals surface area contributed by atoms with Crippen molar-refractivity contribution in [1.29, 1.82) is 1.28 Å². The third-order valence-electron chi connectivity index (χ3n) is 8.95. The number of nitrogens with zero attached hydrogens (tertiary/aromatic N) is 5. The molecule has 0 spiro atoms. The molecule has 2 aromatic carbocycles. The summed E-state index contributed by atoms with van der Waals surface area (Å²) in [4.78, 5) is 61.9. The van der Waals surface area contributed by atoms with Crippen molar-refractivity contribution in [3.05, 3.63) is 173 Å². The largest absolute Gasteiger partial charge is 0.493 e. The Morgan fingerprint density at radius 1 is 0.731 bits per heavy atom. The van der Waals surface area contributed by atoms with E-state index in [9.17, 15) is 29.4 Å². The Bertz CT molecular complexity index is 3110. The van der Waals surface area contributed by atoms with Gasteiger partial charge in [-0.3, -0.25) is 28.0 Å². The number of carbonyl (C=O) groups excluding carboxylic acids is 2. The van der Waals surface area contributed by atoms with Gasteiger partial charge in [0.05, 0.1) is 1.28 Å². The van der Waals surface area contributed by atoms with Gasteiger partial charge in [0.1, 0.15) is 30.3 Å². The van der Waals surface area contributed by atoms with E-state index in [1.807, 2.05) is 0 Å². The molecule has 0 aliphatic carbocycles. The number of aromatic nitrogens is 5. The van der Waals surface area contributed by atoms with Crippen molar-refractivity contribution >= 4 is 61.5 Å². The quantitative estimate of drug-likeness (QED) is 0.0549. The molecule has 0 aliphatic rings. The summed E-state index contributed by atoms with van der Waals surface area (Å²) in [7, 11) is -0.265. The number of aliphatic hydroxyl groups is 2. The first-order valence-electron chi connectivity index (χ1n) is 20.1. The SMILES string of the molecule is O=C(NCc1ccc(Cl)cc1)c1c(O)nc2ccc(C#CCO)cn2c1=O.O=C(NCc1ccc(Cl)cc1)c1c(O)nc2ccc(CCCO)cn2c1=O.[3H]POCC#Cc1ccc(N)nc1.[Y]. The molecule has 341 valence electrons. The predicted molar refractivity (Wildman–Crippen MR) is 252 cm³/mol. The van der Waals surface area contributed by atoms with Crippen LogP contribution in [0.5, 0.6) is 11.8 Å². The van der Waals surface area contributed by atoms with Crippen molar-refractivity contribution in [2.45, 2.75) is 25.9 Å². The van der Waals surface area contributed by atoms with Gasteiger partial charge >= 0.3 is 0 Å². The zero-order chi connectivity index (χ0) is 48.3. The molecule has 1 radical (unpaired) electrons. The van der Waals surface area contributed by atoms with E-state index in [2.05, 4.69) is 49.3 Å². The molecule has 5 heterocycles. The number of carbonyl (C=O) groups is 2. The number of anilines is 1. The first-order valence-corrected chi connectivity index (χ1v) is 20.7. The van der Waals surface area contributed by atoms with Gasteiger partial charge < -0.3 is 41.3 Å². The van der Waals surface area contributed by atoms with Crippen LogP contribution in [-0.2, 0) is 56.7 Å². The summed E-state index contributed by atoms with van der Waals surface area (Å²) in [5.74, 6) is 8.48. The van der Waals surface area contributed by atoms with E-state index in [0.717, 1.165) is 26.7 Å². The minimum atomic E-state index is -0.749. The maximum Gasteiger partial charge on any atom is 0.274 e. The number of nitrogen functional groups attached to an aromatic ring is 1. The van der Waals surface area contributed by atoms with Gasteiger partial charge in [0.15, 0.2) is 11.1 Å². The number of amides is 2. The van der Waals surface area contributed by atoms with Crippen molar-refractivity contribution in [3.8, 4) is 35.4 Å². The molecular formula is C46H41Cl2N8O9PY. The second-order valence-electron chi connectivity index (χ2n) is 13.6. The molecule has 1 atom stereocenters. The first kappa shape index (κ1) is 51.7. The van der Waals surface area contributed by atoms with E-state index in [1.165, 1.54) is 16.7 Å². The zero-order valence-electron chi connectivity index (χ0n) is 36.2. The maximum atomic E-state index is 12.7. The van der Waals surface area contributed by atoms with E-state index in [0.29, 0.717) is 34.3 Å². The maximum absolute atomic E-state index is 12.7. The Morgan fingerprint density at radius 3 is 1.75 bits per heavy atom. The van der Waals surface area contributed by atoms with Gasteiger partial charge in [0.25, 0.3) is 22.9 Å². The molecule has 0 saturated heterocycles. The number of hydrogen-bond acceptors (Lipinski definition) is 13. The Balaban J connectivity index is 0.000000234. The normalized spacial score (nSPS) is 10.5. The number of rotatable bonds is 11. The molecule has 5 aromatic heterocycles. The summed E-state index contributed by atoms with van der Waals surface area (Å²) in [5.41, 5.74) is 7.19. The van der Waals surface area contributed by atoms with Crippen LogP contribution in [-0.4, -0.2) is 77.1 Å². The van der Waals surface area contributed by atoms with Crippen LogP contribution in [0, 0.1) is 23.7 Å². The number of pyridine rings is 3. The van der Waals surface area contributed by atoms with Crippen LogP contribution in [0.15, 0.2) is 113 Å². The number of aryl methyl sites for hydroxylation is 1. The Kier molecular flexibility index (Phi) is 20.7. The minimum Gasteiger partial charge on any atom is -0.493 e. The topological polar surface area (TPSA) is 256 Å². The molecule has 7 rings (SSSR count). The number of nitrogens with one attached hydrogen (secondary N) is 2. The van der Waals surface area contributed by atoms with Crippen LogP contribution >= 0.6 is 32.6 Å². The summed E-state index contributed by atoms with van der Waals surface area (Å²) in [5, 5.41) is 44.1. The fourth-order valence-electron chi connectivity index (χ4n) is 5.74. The van der Waals surface area contributed by atoms with Gasteiger partial charge in [-0.25, -0.2) is 4.98 Å². The number of benzene rings is 2. The van der Waals surface area contributed by atoms with Gasteiger partial charge in [-0.1, -0.05) is 77.2 Å². The summed E-state index contributed by atoms with van der Waals surface area (Å²) < 4.78 is 13.8. The Morgan fingerprint density at radius 2 is 1.24 bits per heavy atom. The van der Waals surface area contributed by atoms with E-state index >= 15 is 0 Å². The van der Waals surface area contributed by atoms with E-state index in [4.69, 9.17) is 45.0 Å². The van der Waals surface area contributed by atoms with Crippen LogP contribution in [0.1, 0.15) is 55.0 Å². The molecular weight excluding hydrogens is 999 g/mol. The molecule has 0 saturated carbocycles. The van der Waals surface area contributed by atoms with Crippen LogP contribution in [0.3, 0.4) is 0 Å². The summed E-state index contributed by atoms with van der Waals surface area (Å²) in [6, 6.07) is 23.6. The first-order chi connectivity index (χ1) is 32.3. The van der Waals surface area contributed by atoms with Gasteiger partial charge in [-0.2, -0.15) is 9.97 Å². The van der Waals surface area contributed by atoms with Crippen molar-refractivity contribution in [1.82, 2.24) is 34.4 Å².